The first-order valence-corrected chi connectivity index (χ1v) is 13.3. The van der Waals surface area contributed by atoms with Gasteiger partial charge in [-0.2, -0.15) is 17.9 Å². The molecule has 0 aromatic heterocycles. The van der Waals surface area contributed by atoms with E-state index >= 15 is 0 Å². The highest BCUT2D eigenvalue weighted by Crippen LogP contribution is 2.29. The molecule has 0 saturated heterocycles. The summed E-state index contributed by atoms with van der Waals surface area (Å²) in [5.41, 5.74) is 5.05. The number of nitrogens with zero attached hydrogens (tertiary/aromatic N) is 2. The number of rotatable bonds is 7. The molecular formula is C23H24N4O5S2. The lowest BCUT2D eigenvalue weighted by atomic mass is 10.1. The van der Waals surface area contributed by atoms with Crippen molar-refractivity contribution in [1.82, 2.24) is 14.7 Å². The number of phenolic OH excluding ortho intramolecular Hbond substituents is 1. The van der Waals surface area contributed by atoms with Gasteiger partial charge >= 0.3 is 0 Å². The molecular weight excluding hydrogens is 476 g/mol. The number of hydrazone groups is 1. The van der Waals surface area contributed by atoms with Crippen LogP contribution in [0.25, 0.3) is 0 Å². The zero-order valence-electron chi connectivity index (χ0n) is 18.5. The zero-order valence-corrected chi connectivity index (χ0v) is 20.1. The third-order valence-corrected chi connectivity index (χ3v) is 8.32. The van der Waals surface area contributed by atoms with Crippen LogP contribution in [0.3, 0.4) is 0 Å². The molecule has 0 bridgehead atoms. The number of phenols is 1. The monoisotopic (exact) mass is 500 g/mol. The molecule has 4 rings (SSSR count). The molecule has 0 amide bonds. The molecule has 34 heavy (non-hydrogen) atoms. The Morgan fingerprint density at radius 1 is 0.853 bits per heavy atom. The SMILES string of the molecule is Cc1ccc(S(=O)(=O)NNC2CC(c3ccccc3O)=NN2S(=O)(=O)c2ccc(C)cc2)cc1. The Hall–Kier alpha value is -3.25. The van der Waals surface area contributed by atoms with Crippen LogP contribution in [-0.4, -0.2) is 38.2 Å². The van der Waals surface area contributed by atoms with Crippen molar-refractivity contribution in [2.24, 2.45) is 5.10 Å². The van der Waals surface area contributed by atoms with Crippen molar-refractivity contribution in [3.05, 3.63) is 89.5 Å². The molecule has 0 aliphatic carbocycles. The fourth-order valence-electron chi connectivity index (χ4n) is 3.44. The number of benzene rings is 3. The van der Waals surface area contributed by atoms with E-state index in [-0.39, 0.29) is 22.0 Å². The van der Waals surface area contributed by atoms with E-state index in [1.54, 1.807) is 42.5 Å². The number of nitrogens with one attached hydrogen (secondary N) is 2. The van der Waals surface area contributed by atoms with Gasteiger partial charge in [0.2, 0.25) is 0 Å². The zero-order chi connectivity index (χ0) is 24.5. The molecule has 3 aromatic carbocycles. The number of hydrazine groups is 1. The van der Waals surface area contributed by atoms with Crippen LogP contribution >= 0.6 is 0 Å². The highest BCUT2D eigenvalue weighted by molar-refractivity contribution is 7.89. The molecule has 1 aliphatic heterocycles. The van der Waals surface area contributed by atoms with Crippen LogP contribution in [0.15, 0.2) is 87.7 Å². The van der Waals surface area contributed by atoms with Crippen LogP contribution < -0.4 is 10.3 Å². The smallest absolute Gasteiger partial charge is 0.280 e. The van der Waals surface area contributed by atoms with Gasteiger partial charge in [-0.15, -0.1) is 4.83 Å². The highest BCUT2D eigenvalue weighted by Gasteiger charge is 2.38. The number of aromatic hydroxyl groups is 1. The lowest BCUT2D eigenvalue weighted by Gasteiger charge is -2.24. The lowest BCUT2D eigenvalue weighted by Crippen LogP contribution is -2.51. The number of aryl methyl sites for hydroxylation is 2. The molecule has 178 valence electrons. The molecule has 1 unspecified atom stereocenters. The minimum Gasteiger partial charge on any atom is -0.507 e. The number of sulfonamides is 2. The molecule has 1 aliphatic rings. The fourth-order valence-corrected chi connectivity index (χ4v) is 5.71. The molecule has 0 fully saturated rings. The van der Waals surface area contributed by atoms with Crippen LogP contribution in [0, 0.1) is 13.8 Å². The van der Waals surface area contributed by atoms with Crippen molar-refractivity contribution in [1.29, 1.82) is 0 Å². The van der Waals surface area contributed by atoms with Crippen LogP contribution in [0.5, 0.6) is 5.75 Å². The van der Waals surface area contributed by atoms with E-state index in [0.717, 1.165) is 15.5 Å². The number of hydrogen-bond acceptors (Lipinski definition) is 7. The van der Waals surface area contributed by atoms with E-state index in [2.05, 4.69) is 15.4 Å². The van der Waals surface area contributed by atoms with Crippen molar-refractivity contribution in [3.63, 3.8) is 0 Å². The van der Waals surface area contributed by atoms with Gasteiger partial charge in [0.05, 0.1) is 15.5 Å². The van der Waals surface area contributed by atoms with Crippen molar-refractivity contribution < 1.29 is 21.9 Å². The van der Waals surface area contributed by atoms with E-state index in [4.69, 9.17) is 0 Å². The highest BCUT2D eigenvalue weighted by atomic mass is 32.2. The molecule has 3 aromatic rings. The second-order valence-electron chi connectivity index (χ2n) is 7.94. The molecule has 11 heteroatoms. The third kappa shape index (κ3) is 4.82. The van der Waals surface area contributed by atoms with Crippen LogP contribution in [-0.2, 0) is 20.0 Å². The summed E-state index contributed by atoms with van der Waals surface area (Å²) in [5, 5.41) is 14.5. The largest absolute Gasteiger partial charge is 0.507 e. The Kier molecular flexibility index (Phi) is 6.45. The minimum absolute atomic E-state index is 0.00794. The van der Waals surface area contributed by atoms with E-state index < -0.39 is 26.2 Å². The Morgan fingerprint density at radius 2 is 1.41 bits per heavy atom. The van der Waals surface area contributed by atoms with E-state index in [1.165, 1.54) is 30.3 Å². The minimum atomic E-state index is -4.13. The second kappa shape index (κ2) is 9.18. The van der Waals surface area contributed by atoms with Crippen molar-refractivity contribution in [3.8, 4) is 5.75 Å². The van der Waals surface area contributed by atoms with Gasteiger partial charge in [0.1, 0.15) is 11.9 Å². The van der Waals surface area contributed by atoms with Gasteiger partial charge in [-0.3, -0.25) is 0 Å². The summed E-state index contributed by atoms with van der Waals surface area (Å²) in [7, 11) is -8.11. The fraction of sp³-hybridized carbons (Fsp3) is 0.174. The Balaban J connectivity index is 1.66. The second-order valence-corrected chi connectivity index (χ2v) is 11.4. The first-order valence-electron chi connectivity index (χ1n) is 10.4. The van der Waals surface area contributed by atoms with Crippen LogP contribution in [0.4, 0.5) is 0 Å². The summed E-state index contributed by atoms with van der Waals surface area (Å²) < 4.78 is 53.1. The summed E-state index contributed by atoms with van der Waals surface area (Å²) in [4.78, 5) is 2.30. The van der Waals surface area contributed by atoms with Crippen LogP contribution in [0.1, 0.15) is 23.1 Å². The van der Waals surface area contributed by atoms with Gasteiger partial charge in [0.25, 0.3) is 20.0 Å². The third-order valence-electron chi connectivity index (χ3n) is 5.34. The maximum absolute atomic E-state index is 13.4. The molecule has 3 N–H and O–H groups in total. The van der Waals surface area contributed by atoms with Gasteiger partial charge in [-0.25, -0.2) is 13.8 Å². The van der Waals surface area contributed by atoms with E-state index in [9.17, 15) is 21.9 Å². The first-order chi connectivity index (χ1) is 16.1. The molecule has 1 atom stereocenters. The lowest BCUT2D eigenvalue weighted by molar-refractivity contribution is 0.301. The number of hydrogen-bond donors (Lipinski definition) is 3. The predicted molar refractivity (Wildman–Crippen MR) is 128 cm³/mol. The quantitative estimate of drug-likeness (QED) is 0.428. The van der Waals surface area contributed by atoms with Gasteiger partial charge in [-0.1, -0.05) is 47.5 Å². The predicted octanol–water partition coefficient (Wildman–Crippen LogP) is 2.62. The van der Waals surface area contributed by atoms with E-state index in [0.29, 0.717) is 11.3 Å². The van der Waals surface area contributed by atoms with Crippen molar-refractivity contribution in [2.45, 2.75) is 36.2 Å². The van der Waals surface area contributed by atoms with Gasteiger partial charge < -0.3 is 5.11 Å². The Labute approximate surface area is 198 Å². The first kappa shape index (κ1) is 23.9. The number of para-hydroxylation sites is 1. The standard InChI is InChI=1S/C23H24N4O5S2/c1-16-7-11-18(12-8-16)33(29,30)26-24-23-15-21(20-5-3-4-6-22(20)28)25-27(23)34(31,32)19-13-9-17(2)10-14-19/h3-14,23-24,26,28H,15H2,1-2H3. The summed E-state index contributed by atoms with van der Waals surface area (Å²) >= 11 is 0. The molecule has 0 radical (unpaired) electrons. The molecule has 0 saturated carbocycles. The Bertz CT molecular complexity index is 1440. The van der Waals surface area contributed by atoms with Gasteiger partial charge in [0, 0.05) is 12.0 Å². The Morgan fingerprint density at radius 3 is 2.00 bits per heavy atom. The van der Waals surface area contributed by atoms with Gasteiger partial charge in [0.15, 0.2) is 0 Å². The molecule has 0 spiro atoms. The average molecular weight is 501 g/mol. The average Bonchev–Trinajstić information content (AvgIpc) is 3.24. The summed E-state index contributed by atoms with van der Waals surface area (Å²) in [6.07, 6.45) is -1.06. The van der Waals surface area contributed by atoms with Crippen LogP contribution in [0.2, 0.25) is 0 Å². The molecule has 9 nitrogen and oxygen atoms in total. The molecule has 1 heterocycles. The van der Waals surface area contributed by atoms with E-state index in [1.807, 2.05) is 13.8 Å². The maximum atomic E-state index is 13.4. The van der Waals surface area contributed by atoms with Gasteiger partial charge in [-0.05, 0) is 50.2 Å². The van der Waals surface area contributed by atoms with Crippen molar-refractivity contribution >= 4 is 25.8 Å². The normalized spacial score (nSPS) is 16.5. The maximum Gasteiger partial charge on any atom is 0.280 e. The van der Waals surface area contributed by atoms with Crippen molar-refractivity contribution in [2.75, 3.05) is 0 Å². The summed E-state index contributed by atoms with van der Waals surface area (Å²) in [6.45, 7) is 3.68. The summed E-state index contributed by atoms with van der Waals surface area (Å²) in [6, 6.07) is 18.9. The summed E-state index contributed by atoms with van der Waals surface area (Å²) in [5.74, 6) is -0.0604. The topological polar surface area (TPSA) is 128 Å².